The first-order valence-electron chi connectivity index (χ1n) is 15.7. The molecule has 0 bridgehead atoms. The van der Waals surface area contributed by atoms with E-state index in [0.717, 1.165) is 30.6 Å². The Morgan fingerprint density at radius 3 is 2.12 bits per heavy atom. The molecule has 3 aliphatic rings. The summed E-state index contributed by atoms with van der Waals surface area (Å²) in [5, 5.41) is 2.62. The molecule has 3 rings (SSSR count). The Labute approximate surface area is 249 Å². The third kappa shape index (κ3) is 8.73. The highest BCUT2D eigenvalue weighted by Gasteiger charge is 2.56. The number of nitrogens with zero attached hydrogens (tertiary/aromatic N) is 3. The van der Waals surface area contributed by atoms with Crippen LogP contribution in [-0.4, -0.2) is 103 Å². The van der Waals surface area contributed by atoms with Gasteiger partial charge in [0, 0.05) is 32.7 Å². The molecule has 2 atom stereocenters. The molecule has 0 aromatic rings. The maximum atomic E-state index is 13.5. The molecule has 1 unspecified atom stereocenters. The summed E-state index contributed by atoms with van der Waals surface area (Å²) < 4.78 is 16.3. The lowest BCUT2D eigenvalue weighted by atomic mass is 9.83. The number of carbonyl (C=O) groups excluding carboxylic acids is 5. The van der Waals surface area contributed by atoms with Crippen LogP contribution in [0.4, 0.5) is 14.4 Å². The number of imide groups is 1. The highest BCUT2D eigenvalue weighted by Crippen LogP contribution is 2.34. The Kier molecular flexibility index (Phi) is 12.7. The summed E-state index contributed by atoms with van der Waals surface area (Å²) in [6.45, 7) is 11.6. The van der Waals surface area contributed by atoms with Crippen molar-refractivity contribution in [1.82, 2.24) is 20.0 Å². The smallest absolute Gasteiger partial charge is 0.410 e. The number of carbonyl (C=O) groups is 5. The number of hydrogen-bond donors (Lipinski definition) is 1. The van der Waals surface area contributed by atoms with Gasteiger partial charge in [0.15, 0.2) is 6.04 Å². The maximum Gasteiger partial charge on any atom is 0.410 e. The summed E-state index contributed by atoms with van der Waals surface area (Å²) in [5.74, 6) is -1.02. The second kappa shape index (κ2) is 16.0. The van der Waals surface area contributed by atoms with Gasteiger partial charge in [0.1, 0.15) is 6.10 Å². The fourth-order valence-corrected chi connectivity index (χ4v) is 6.11. The quantitative estimate of drug-likeness (QED) is 0.164. The number of likely N-dealkylation sites (tertiary alicyclic amines) is 1. The van der Waals surface area contributed by atoms with Gasteiger partial charge < -0.3 is 29.3 Å². The number of esters is 1. The largest absolute Gasteiger partial charge is 0.464 e. The van der Waals surface area contributed by atoms with Crippen LogP contribution in [0.1, 0.15) is 79.6 Å². The molecular weight excluding hydrogens is 544 g/mol. The van der Waals surface area contributed by atoms with Crippen LogP contribution in [0.2, 0.25) is 0 Å². The molecule has 1 N–H and O–H groups in total. The number of piperazine rings is 1. The molecule has 3 fully saturated rings. The summed E-state index contributed by atoms with van der Waals surface area (Å²) in [6, 6.07) is -1.55. The molecular formula is C30H50N4O8. The molecule has 238 valence electrons. The Morgan fingerprint density at radius 1 is 0.905 bits per heavy atom. The first-order valence-corrected chi connectivity index (χ1v) is 15.7. The zero-order chi connectivity index (χ0) is 30.8. The number of β-lactam (4-membered cyclic amide) rings is 1. The van der Waals surface area contributed by atoms with E-state index in [4.69, 9.17) is 14.2 Å². The fraction of sp³-hybridized carbons (Fsp3) is 0.833. The summed E-state index contributed by atoms with van der Waals surface area (Å²) in [6.07, 6.45) is 5.03. The number of urea groups is 1. The Bertz CT molecular complexity index is 936. The second-order valence-corrected chi connectivity index (χ2v) is 12.3. The summed E-state index contributed by atoms with van der Waals surface area (Å²) in [7, 11) is 0. The van der Waals surface area contributed by atoms with Gasteiger partial charge in [-0.05, 0) is 50.4 Å². The van der Waals surface area contributed by atoms with Crippen LogP contribution in [0, 0.1) is 23.7 Å². The molecule has 12 nitrogen and oxygen atoms in total. The lowest BCUT2D eigenvalue weighted by Crippen LogP contribution is -2.69. The highest BCUT2D eigenvalue weighted by atomic mass is 16.6. The maximum absolute atomic E-state index is 13.5. The third-order valence-corrected chi connectivity index (χ3v) is 8.44. The Balaban J connectivity index is 1.59. The van der Waals surface area contributed by atoms with Crippen molar-refractivity contribution in [2.45, 2.75) is 91.7 Å². The van der Waals surface area contributed by atoms with Gasteiger partial charge in [-0.2, -0.15) is 0 Å². The Hall–Kier alpha value is -3.05. The topological polar surface area (TPSA) is 135 Å². The minimum absolute atomic E-state index is 0.179. The van der Waals surface area contributed by atoms with E-state index in [9.17, 15) is 24.0 Å². The van der Waals surface area contributed by atoms with E-state index in [0.29, 0.717) is 18.8 Å². The zero-order valence-electron chi connectivity index (χ0n) is 26.0. The number of alkyl carbamates (subject to hydrolysis) is 1. The third-order valence-electron chi connectivity index (χ3n) is 8.44. The normalized spacial score (nSPS) is 21.4. The van der Waals surface area contributed by atoms with Crippen LogP contribution in [0.3, 0.4) is 0 Å². The molecule has 2 saturated heterocycles. The van der Waals surface area contributed by atoms with Gasteiger partial charge in [-0.25, -0.2) is 24.1 Å². The van der Waals surface area contributed by atoms with Crippen molar-refractivity contribution in [3.63, 3.8) is 0 Å². The van der Waals surface area contributed by atoms with Crippen LogP contribution in [-0.2, 0) is 23.8 Å². The van der Waals surface area contributed by atoms with Gasteiger partial charge in [0.25, 0.3) is 0 Å². The van der Waals surface area contributed by atoms with E-state index in [-0.39, 0.29) is 63.9 Å². The van der Waals surface area contributed by atoms with E-state index in [1.54, 1.807) is 11.8 Å². The van der Waals surface area contributed by atoms with Crippen molar-refractivity contribution in [2.75, 3.05) is 45.9 Å². The summed E-state index contributed by atoms with van der Waals surface area (Å²) in [4.78, 5) is 68.4. The van der Waals surface area contributed by atoms with Gasteiger partial charge >= 0.3 is 24.2 Å². The molecule has 2 aliphatic heterocycles. The lowest BCUT2D eigenvalue weighted by Gasteiger charge is -2.47. The molecule has 0 radical (unpaired) electrons. The predicted molar refractivity (Wildman–Crippen MR) is 154 cm³/mol. The zero-order valence-corrected chi connectivity index (χ0v) is 26.0. The van der Waals surface area contributed by atoms with Crippen LogP contribution >= 0.6 is 0 Å². The minimum atomic E-state index is -1.00. The summed E-state index contributed by atoms with van der Waals surface area (Å²) in [5.41, 5.74) is 0. The summed E-state index contributed by atoms with van der Waals surface area (Å²) >= 11 is 0. The molecule has 1 saturated carbocycles. The number of amides is 5. The SMILES string of the molecule is CCOC(=O)NCCC[C@H]1C(=O)N(C(=O)N2CCN(C(=O)OC(C(C)C)C(C)C)CC2)C1C(=O)OCC1CCCCC1. The predicted octanol–water partition coefficient (Wildman–Crippen LogP) is 4.02. The standard InChI is InChI=1S/C30H50N4O8/c1-6-40-28(37)31-14-10-13-23-24(27(36)41-19-22-11-8-7-9-12-22)34(26(23)35)29(38)32-15-17-33(18-16-32)30(39)42-25(20(2)3)21(4)5/h20-25H,6-19H2,1-5H3,(H,31,37)/t23-,24?/m1/s1. The van der Waals surface area contributed by atoms with Gasteiger partial charge in [-0.3, -0.25) is 4.79 Å². The van der Waals surface area contributed by atoms with Crippen LogP contribution in [0.25, 0.3) is 0 Å². The monoisotopic (exact) mass is 594 g/mol. The number of nitrogens with one attached hydrogen (secondary N) is 1. The van der Waals surface area contributed by atoms with Gasteiger partial charge in [0.2, 0.25) is 5.91 Å². The van der Waals surface area contributed by atoms with Gasteiger partial charge in [0.05, 0.1) is 19.1 Å². The molecule has 2 heterocycles. The van der Waals surface area contributed by atoms with Crippen LogP contribution < -0.4 is 5.32 Å². The number of hydrogen-bond acceptors (Lipinski definition) is 8. The van der Waals surface area contributed by atoms with Crippen LogP contribution in [0.15, 0.2) is 0 Å². The first-order chi connectivity index (χ1) is 20.0. The fourth-order valence-electron chi connectivity index (χ4n) is 6.11. The number of rotatable bonds is 11. The minimum Gasteiger partial charge on any atom is -0.464 e. The van der Waals surface area contributed by atoms with Gasteiger partial charge in [-0.15, -0.1) is 0 Å². The van der Waals surface area contributed by atoms with E-state index in [2.05, 4.69) is 5.32 Å². The van der Waals surface area contributed by atoms with E-state index in [1.165, 1.54) is 11.3 Å². The van der Waals surface area contributed by atoms with Crippen molar-refractivity contribution < 1.29 is 38.2 Å². The molecule has 0 aromatic carbocycles. The van der Waals surface area contributed by atoms with Crippen LogP contribution in [0.5, 0.6) is 0 Å². The Morgan fingerprint density at radius 2 is 1.52 bits per heavy atom. The average Bonchev–Trinajstić information content (AvgIpc) is 2.97. The van der Waals surface area contributed by atoms with Crippen molar-refractivity contribution in [3.8, 4) is 0 Å². The molecule has 12 heteroatoms. The molecule has 42 heavy (non-hydrogen) atoms. The van der Waals surface area contributed by atoms with Gasteiger partial charge in [-0.1, -0.05) is 47.0 Å². The van der Waals surface area contributed by atoms with Crippen molar-refractivity contribution in [1.29, 1.82) is 0 Å². The first kappa shape index (κ1) is 33.5. The molecule has 0 aromatic heterocycles. The van der Waals surface area contributed by atoms with Crippen molar-refractivity contribution in [2.24, 2.45) is 23.7 Å². The van der Waals surface area contributed by atoms with Crippen molar-refractivity contribution in [3.05, 3.63) is 0 Å². The molecule has 5 amide bonds. The average molecular weight is 595 g/mol. The highest BCUT2D eigenvalue weighted by molar-refractivity contribution is 6.07. The molecule has 0 spiro atoms. The molecule has 1 aliphatic carbocycles. The second-order valence-electron chi connectivity index (χ2n) is 12.3. The van der Waals surface area contributed by atoms with Crippen molar-refractivity contribution >= 4 is 30.1 Å². The van der Waals surface area contributed by atoms with E-state index < -0.39 is 42.1 Å². The van der Waals surface area contributed by atoms with E-state index in [1.807, 2.05) is 27.7 Å². The van der Waals surface area contributed by atoms with E-state index >= 15 is 0 Å². The lowest BCUT2D eigenvalue weighted by molar-refractivity contribution is -0.171. The number of ether oxygens (including phenoxy) is 3.